The normalized spacial score (nSPS) is 11.7. The molecule has 0 fully saturated rings. The van der Waals surface area contributed by atoms with E-state index in [0.29, 0.717) is 10.9 Å². The van der Waals surface area contributed by atoms with E-state index in [4.69, 9.17) is 18.0 Å². The van der Waals surface area contributed by atoms with Crippen LogP contribution in [0.2, 0.25) is 0 Å². The molecule has 0 rings (SSSR count). The van der Waals surface area contributed by atoms with Crippen LogP contribution < -0.4 is 11.6 Å². The second-order valence-electron chi connectivity index (χ2n) is 1.22. The standard InChI is InChI=1S/C5H8N4S/c1-2-3-10-5(6)8-4-9-7/h1,4H,3,7H2,(H2,6,8,9). The third-order valence-electron chi connectivity index (χ3n) is 0.555. The average Bonchev–Trinajstić information content (AvgIpc) is 1.97. The highest BCUT2D eigenvalue weighted by Gasteiger charge is 1.86. The van der Waals surface area contributed by atoms with E-state index in [1.54, 1.807) is 0 Å². The van der Waals surface area contributed by atoms with Gasteiger partial charge in [0.1, 0.15) is 6.34 Å². The van der Waals surface area contributed by atoms with Crippen molar-refractivity contribution >= 4 is 23.3 Å². The number of hydrogen-bond acceptors (Lipinski definition) is 3. The van der Waals surface area contributed by atoms with Crippen molar-refractivity contribution in [1.82, 2.24) is 0 Å². The van der Waals surface area contributed by atoms with Crippen LogP contribution in [0.3, 0.4) is 0 Å². The molecule has 0 saturated heterocycles. The molecule has 4 N–H and O–H groups in total. The summed E-state index contributed by atoms with van der Waals surface area (Å²) in [6.45, 7) is 0. The zero-order chi connectivity index (χ0) is 7.82. The Balaban J connectivity index is 3.62. The van der Waals surface area contributed by atoms with Crippen LogP contribution in [0.25, 0.3) is 0 Å². The summed E-state index contributed by atoms with van der Waals surface area (Å²) >= 11 is 1.26. The molecule has 10 heavy (non-hydrogen) atoms. The summed E-state index contributed by atoms with van der Waals surface area (Å²) in [7, 11) is 0. The molecular formula is C5H8N4S. The number of rotatable bonds is 2. The first kappa shape index (κ1) is 8.85. The summed E-state index contributed by atoms with van der Waals surface area (Å²) in [6, 6.07) is 0. The number of hydrazone groups is 1. The molecule has 0 aliphatic rings. The maximum Gasteiger partial charge on any atom is 0.161 e. The Morgan fingerprint density at radius 1 is 1.80 bits per heavy atom. The summed E-state index contributed by atoms with van der Waals surface area (Å²) < 4.78 is 0. The van der Waals surface area contributed by atoms with Gasteiger partial charge < -0.3 is 11.6 Å². The van der Waals surface area contributed by atoms with E-state index in [9.17, 15) is 0 Å². The van der Waals surface area contributed by atoms with E-state index >= 15 is 0 Å². The highest BCUT2D eigenvalue weighted by atomic mass is 32.2. The molecule has 0 heterocycles. The topological polar surface area (TPSA) is 76.8 Å². The van der Waals surface area contributed by atoms with Crippen LogP contribution >= 0.6 is 11.8 Å². The number of thioether (sulfide) groups is 1. The molecule has 0 saturated carbocycles. The molecule has 0 amide bonds. The van der Waals surface area contributed by atoms with E-state index in [1.165, 1.54) is 18.1 Å². The molecular weight excluding hydrogens is 148 g/mol. The lowest BCUT2D eigenvalue weighted by molar-refractivity contribution is 1.25. The Kier molecular flexibility index (Phi) is 5.29. The average molecular weight is 156 g/mol. The molecule has 0 aliphatic heterocycles. The Morgan fingerprint density at radius 3 is 3.00 bits per heavy atom. The van der Waals surface area contributed by atoms with Gasteiger partial charge in [0, 0.05) is 0 Å². The summed E-state index contributed by atoms with van der Waals surface area (Å²) in [5.41, 5.74) is 5.32. The van der Waals surface area contributed by atoms with Gasteiger partial charge in [0.05, 0.1) is 5.75 Å². The summed E-state index contributed by atoms with van der Waals surface area (Å²) in [6.07, 6.45) is 6.13. The minimum absolute atomic E-state index is 0.368. The van der Waals surface area contributed by atoms with Crippen LogP contribution in [-0.2, 0) is 0 Å². The van der Waals surface area contributed by atoms with Gasteiger partial charge in [-0.15, -0.1) is 6.42 Å². The van der Waals surface area contributed by atoms with Gasteiger partial charge in [0.25, 0.3) is 0 Å². The molecule has 0 aliphatic carbocycles. The number of nitrogens with zero attached hydrogens (tertiary/aromatic N) is 2. The van der Waals surface area contributed by atoms with E-state index in [1.807, 2.05) is 0 Å². The summed E-state index contributed by atoms with van der Waals surface area (Å²) in [4.78, 5) is 3.63. The van der Waals surface area contributed by atoms with Crippen molar-refractivity contribution in [2.75, 3.05) is 5.75 Å². The number of hydrogen-bond donors (Lipinski definition) is 2. The fraction of sp³-hybridized carbons (Fsp3) is 0.200. The molecule has 54 valence electrons. The third kappa shape index (κ3) is 5.00. The van der Waals surface area contributed by atoms with Gasteiger partial charge in [0.2, 0.25) is 0 Å². The fourth-order valence-corrected chi connectivity index (χ4v) is 0.596. The third-order valence-corrected chi connectivity index (χ3v) is 1.27. The van der Waals surface area contributed by atoms with Crippen molar-refractivity contribution in [3.63, 3.8) is 0 Å². The minimum Gasteiger partial charge on any atom is -0.378 e. The maximum atomic E-state index is 5.32. The lowest BCUT2D eigenvalue weighted by Gasteiger charge is -1.90. The van der Waals surface area contributed by atoms with Crippen molar-refractivity contribution in [3.8, 4) is 12.3 Å². The lowest BCUT2D eigenvalue weighted by atomic mass is 10.8. The van der Waals surface area contributed by atoms with Crippen LogP contribution in [0.15, 0.2) is 10.1 Å². The maximum absolute atomic E-state index is 5.32. The molecule has 4 nitrogen and oxygen atoms in total. The van der Waals surface area contributed by atoms with Crippen molar-refractivity contribution in [2.24, 2.45) is 21.7 Å². The highest BCUT2D eigenvalue weighted by molar-refractivity contribution is 8.14. The van der Waals surface area contributed by atoms with Gasteiger partial charge in [-0.2, -0.15) is 5.10 Å². The Bertz CT molecular complexity index is 179. The zero-order valence-electron chi connectivity index (χ0n) is 5.32. The first-order valence-corrected chi connectivity index (χ1v) is 3.41. The van der Waals surface area contributed by atoms with Gasteiger partial charge in [0.15, 0.2) is 5.17 Å². The monoisotopic (exact) mass is 156 g/mol. The van der Waals surface area contributed by atoms with E-state index < -0.39 is 0 Å². The molecule has 0 aromatic rings. The van der Waals surface area contributed by atoms with Crippen molar-refractivity contribution in [2.45, 2.75) is 0 Å². The van der Waals surface area contributed by atoms with Gasteiger partial charge in [-0.25, -0.2) is 4.99 Å². The first-order chi connectivity index (χ1) is 4.81. The SMILES string of the molecule is C#CCSC(N)=N/C=N\N. The Hall–Kier alpha value is -1.15. The van der Waals surface area contributed by atoms with Gasteiger partial charge in [-0.05, 0) is 0 Å². The second kappa shape index (κ2) is 5.98. The fourth-order valence-electron chi connectivity index (χ4n) is 0.243. The van der Waals surface area contributed by atoms with E-state index in [2.05, 4.69) is 16.0 Å². The second-order valence-corrected chi connectivity index (χ2v) is 2.22. The quantitative estimate of drug-likeness (QED) is 0.187. The van der Waals surface area contributed by atoms with E-state index in [0.717, 1.165) is 0 Å². The molecule has 0 unspecified atom stereocenters. The Morgan fingerprint density at radius 2 is 2.50 bits per heavy atom. The molecule has 0 spiro atoms. The van der Waals surface area contributed by atoms with Crippen molar-refractivity contribution < 1.29 is 0 Å². The predicted molar refractivity (Wildman–Crippen MR) is 45.6 cm³/mol. The van der Waals surface area contributed by atoms with Crippen LogP contribution in [0.1, 0.15) is 0 Å². The summed E-state index contributed by atoms with van der Waals surface area (Å²) in [5, 5.41) is 3.49. The van der Waals surface area contributed by atoms with Gasteiger partial charge >= 0.3 is 0 Å². The minimum atomic E-state index is 0.368. The number of nitrogens with two attached hydrogens (primary N) is 2. The lowest BCUT2D eigenvalue weighted by Crippen LogP contribution is -2.07. The van der Waals surface area contributed by atoms with Crippen molar-refractivity contribution in [1.29, 1.82) is 0 Å². The first-order valence-electron chi connectivity index (χ1n) is 2.42. The van der Waals surface area contributed by atoms with Gasteiger partial charge in [-0.3, -0.25) is 0 Å². The van der Waals surface area contributed by atoms with Crippen molar-refractivity contribution in [3.05, 3.63) is 0 Å². The molecule has 0 aromatic heterocycles. The molecule has 0 bridgehead atoms. The zero-order valence-corrected chi connectivity index (χ0v) is 6.14. The van der Waals surface area contributed by atoms with Crippen LogP contribution in [0.4, 0.5) is 0 Å². The predicted octanol–water partition coefficient (Wildman–Crippen LogP) is -0.431. The number of amidine groups is 1. The largest absolute Gasteiger partial charge is 0.378 e. The smallest absolute Gasteiger partial charge is 0.161 e. The number of aliphatic imine (C=N–C) groups is 1. The Labute approximate surface area is 63.8 Å². The summed E-state index contributed by atoms with van der Waals surface area (Å²) in [5.74, 6) is 7.67. The van der Waals surface area contributed by atoms with Gasteiger partial charge in [-0.1, -0.05) is 17.7 Å². The molecule has 0 atom stereocenters. The van der Waals surface area contributed by atoms with E-state index in [-0.39, 0.29) is 0 Å². The molecule has 0 radical (unpaired) electrons. The van der Waals surface area contributed by atoms with Crippen LogP contribution in [-0.4, -0.2) is 17.3 Å². The molecule has 5 heteroatoms. The molecule has 0 aromatic carbocycles. The van der Waals surface area contributed by atoms with Crippen LogP contribution in [0, 0.1) is 12.3 Å². The number of terminal acetylenes is 1. The van der Waals surface area contributed by atoms with Crippen LogP contribution in [0.5, 0.6) is 0 Å². The highest BCUT2D eigenvalue weighted by Crippen LogP contribution is 1.95.